The van der Waals surface area contributed by atoms with Crippen LogP contribution in [0.1, 0.15) is 52.6 Å². The molecule has 0 radical (unpaired) electrons. The predicted octanol–water partition coefficient (Wildman–Crippen LogP) is 2.45. The lowest BCUT2D eigenvalue weighted by atomic mass is 10.0. The molecule has 1 N–H and O–H groups in total. The van der Waals surface area contributed by atoms with Gasteiger partial charge in [-0.15, -0.1) is 0 Å². The second-order valence-electron chi connectivity index (χ2n) is 5.80. The van der Waals surface area contributed by atoms with Crippen molar-refractivity contribution in [1.29, 1.82) is 0 Å². The van der Waals surface area contributed by atoms with Gasteiger partial charge < -0.3 is 5.32 Å². The highest BCUT2D eigenvalue weighted by molar-refractivity contribution is 5.95. The summed E-state index contributed by atoms with van der Waals surface area (Å²) >= 11 is 0. The van der Waals surface area contributed by atoms with Crippen LogP contribution in [0, 0.1) is 13.8 Å². The van der Waals surface area contributed by atoms with Crippen molar-refractivity contribution >= 4 is 5.91 Å². The van der Waals surface area contributed by atoms with Gasteiger partial charge in [0.1, 0.15) is 5.56 Å². The monoisotopic (exact) mass is 313 g/mol. The first-order chi connectivity index (χ1) is 10.8. The van der Waals surface area contributed by atoms with E-state index in [1.807, 2.05) is 19.1 Å². The van der Waals surface area contributed by atoms with Crippen molar-refractivity contribution in [3.63, 3.8) is 0 Å². The van der Waals surface area contributed by atoms with Crippen molar-refractivity contribution in [2.45, 2.75) is 40.2 Å². The molecule has 0 bridgehead atoms. The van der Waals surface area contributed by atoms with Crippen LogP contribution < -0.4 is 10.9 Å². The van der Waals surface area contributed by atoms with Gasteiger partial charge in [0.05, 0.1) is 11.7 Å². The number of aryl methyl sites for hydroxylation is 3. The Morgan fingerprint density at radius 2 is 1.87 bits per heavy atom. The zero-order valence-electron chi connectivity index (χ0n) is 14.3. The Kier molecular flexibility index (Phi) is 4.98. The third kappa shape index (κ3) is 3.50. The van der Waals surface area contributed by atoms with Gasteiger partial charge in [-0.2, -0.15) is 5.10 Å². The molecule has 0 unspecified atom stereocenters. The van der Waals surface area contributed by atoms with Crippen molar-refractivity contribution < 1.29 is 4.79 Å². The van der Waals surface area contributed by atoms with E-state index in [1.165, 1.54) is 10.2 Å². The van der Waals surface area contributed by atoms with Crippen LogP contribution in [0.2, 0.25) is 0 Å². The van der Waals surface area contributed by atoms with Gasteiger partial charge in [0.2, 0.25) is 0 Å². The van der Waals surface area contributed by atoms with Gasteiger partial charge in [0.25, 0.3) is 11.5 Å². The number of carbonyl (C=O) groups excluding carboxylic acids is 1. The topological polar surface area (TPSA) is 64.0 Å². The Morgan fingerprint density at radius 1 is 1.26 bits per heavy atom. The summed E-state index contributed by atoms with van der Waals surface area (Å²) in [5.41, 5.74) is 3.35. The molecule has 1 amide bonds. The van der Waals surface area contributed by atoms with E-state index in [9.17, 15) is 9.59 Å². The summed E-state index contributed by atoms with van der Waals surface area (Å²) in [5.74, 6) is -0.360. The minimum Gasteiger partial charge on any atom is -0.345 e. The van der Waals surface area contributed by atoms with Crippen LogP contribution in [0.3, 0.4) is 0 Å². The van der Waals surface area contributed by atoms with Crippen molar-refractivity contribution in [3.05, 3.63) is 62.6 Å². The minimum atomic E-state index is -0.376. The molecule has 1 heterocycles. The van der Waals surface area contributed by atoms with E-state index >= 15 is 0 Å². The maximum atomic E-state index is 12.5. The molecule has 0 saturated carbocycles. The van der Waals surface area contributed by atoms with Crippen LogP contribution in [0.5, 0.6) is 0 Å². The van der Waals surface area contributed by atoms with Gasteiger partial charge in [0.15, 0.2) is 0 Å². The van der Waals surface area contributed by atoms with Gasteiger partial charge in [0, 0.05) is 7.05 Å². The maximum absolute atomic E-state index is 12.5. The lowest BCUT2D eigenvalue weighted by molar-refractivity contribution is 0.0936. The van der Waals surface area contributed by atoms with Crippen LogP contribution in [-0.4, -0.2) is 15.7 Å². The standard InChI is InChI=1S/C18H23N3O2/c1-6-14-7-9-15(10-8-14)13(4)19-17(22)16-11(2)12(3)20-21(5)18(16)23/h7-10,13H,6H2,1-5H3,(H,19,22)/t13-/m1/s1. The maximum Gasteiger partial charge on any atom is 0.279 e. The van der Waals surface area contributed by atoms with Crippen molar-refractivity contribution in [3.8, 4) is 0 Å². The van der Waals surface area contributed by atoms with Gasteiger partial charge >= 0.3 is 0 Å². The van der Waals surface area contributed by atoms with Crippen LogP contribution in [0.25, 0.3) is 0 Å². The quantitative estimate of drug-likeness (QED) is 0.943. The molecule has 0 aliphatic heterocycles. The molecule has 0 fully saturated rings. The average molecular weight is 313 g/mol. The smallest absolute Gasteiger partial charge is 0.279 e. The summed E-state index contributed by atoms with van der Waals surface area (Å²) in [6.45, 7) is 7.55. The molecule has 122 valence electrons. The van der Waals surface area contributed by atoms with Crippen LogP contribution >= 0.6 is 0 Å². The molecule has 1 atom stereocenters. The molecule has 1 aromatic heterocycles. The van der Waals surface area contributed by atoms with Crippen LogP contribution in [0.4, 0.5) is 0 Å². The molecular weight excluding hydrogens is 290 g/mol. The molecular formula is C18H23N3O2. The second-order valence-corrected chi connectivity index (χ2v) is 5.80. The number of benzene rings is 1. The summed E-state index contributed by atoms with van der Waals surface area (Å²) in [4.78, 5) is 24.8. The number of nitrogens with one attached hydrogen (secondary N) is 1. The zero-order chi connectivity index (χ0) is 17.1. The number of hydrogen-bond acceptors (Lipinski definition) is 3. The van der Waals surface area contributed by atoms with Gasteiger partial charge in [-0.05, 0) is 43.9 Å². The molecule has 2 aromatic rings. The second kappa shape index (κ2) is 6.77. The first kappa shape index (κ1) is 16.9. The van der Waals surface area contributed by atoms with E-state index in [1.54, 1.807) is 20.9 Å². The number of amides is 1. The van der Waals surface area contributed by atoms with Crippen molar-refractivity contribution in [2.24, 2.45) is 7.05 Å². The SMILES string of the molecule is CCc1ccc([C@@H](C)NC(=O)c2c(C)c(C)nn(C)c2=O)cc1. The highest BCUT2D eigenvalue weighted by Crippen LogP contribution is 2.15. The Morgan fingerprint density at radius 3 is 2.43 bits per heavy atom. The van der Waals surface area contributed by atoms with Gasteiger partial charge in [-0.25, -0.2) is 4.68 Å². The van der Waals surface area contributed by atoms with E-state index in [0.717, 1.165) is 12.0 Å². The number of nitrogens with zero attached hydrogens (tertiary/aromatic N) is 2. The summed E-state index contributed by atoms with van der Waals surface area (Å²) < 4.78 is 1.21. The largest absolute Gasteiger partial charge is 0.345 e. The van der Waals surface area contributed by atoms with Crippen LogP contribution in [0.15, 0.2) is 29.1 Å². The first-order valence-electron chi connectivity index (χ1n) is 7.79. The normalized spacial score (nSPS) is 12.0. The van der Waals surface area contributed by atoms with Crippen LogP contribution in [-0.2, 0) is 13.5 Å². The number of aromatic nitrogens is 2. The third-order valence-electron chi connectivity index (χ3n) is 4.19. The number of rotatable bonds is 4. The van der Waals surface area contributed by atoms with Gasteiger partial charge in [-0.1, -0.05) is 31.2 Å². The fourth-order valence-corrected chi connectivity index (χ4v) is 2.51. The summed E-state index contributed by atoms with van der Waals surface area (Å²) in [6.07, 6.45) is 0.979. The molecule has 1 aromatic carbocycles. The Balaban J connectivity index is 2.26. The minimum absolute atomic E-state index is 0.164. The number of hydrogen-bond donors (Lipinski definition) is 1. The fraction of sp³-hybridized carbons (Fsp3) is 0.389. The molecule has 5 nitrogen and oxygen atoms in total. The van der Waals surface area contributed by atoms with E-state index < -0.39 is 0 Å². The van der Waals surface area contributed by atoms with Crippen molar-refractivity contribution in [1.82, 2.24) is 15.1 Å². The Hall–Kier alpha value is -2.43. The molecule has 5 heteroatoms. The summed E-state index contributed by atoms with van der Waals surface area (Å²) in [5, 5.41) is 7.00. The van der Waals surface area contributed by atoms with E-state index in [2.05, 4.69) is 29.5 Å². The summed E-state index contributed by atoms with van der Waals surface area (Å²) in [6, 6.07) is 7.95. The average Bonchev–Trinajstić information content (AvgIpc) is 2.53. The van der Waals surface area contributed by atoms with Gasteiger partial charge in [-0.3, -0.25) is 9.59 Å². The van der Waals surface area contributed by atoms with E-state index in [-0.39, 0.29) is 23.1 Å². The number of carbonyl (C=O) groups is 1. The van der Waals surface area contributed by atoms with E-state index in [0.29, 0.717) is 11.3 Å². The fourth-order valence-electron chi connectivity index (χ4n) is 2.51. The lowest BCUT2D eigenvalue weighted by Crippen LogP contribution is -2.36. The van der Waals surface area contributed by atoms with E-state index in [4.69, 9.17) is 0 Å². The lowest BCUT2D eigenvalue weighted by Gasteiger charge is -2.16. The molecule has 0 saturated heterocycles. The predicted molar refractivity (Wildman–Crippen MR) is 90.7 cm³/mol. The molecule has 0 aliphatic rings. The first-order valence-corrected chi connectivity index (χ1v) is 7.79. The Labute approximate surface area is 136 Å². The zero-order valence-corrected chi connectivity index (χ0v) is 14.3. The molecule has 0 aliphatic carbocycles. The summed E-state index contributed by atoms with van der Waals surface area (Å²) in [7, 11) is 1.55. The molecule has 23 heavy (non-hydrogen) atoms. The molecule has 2 rings (SSSR count). The highest BCUT2D eigenvalue weighted by Gasteiger charge is 2.19. The highest BCUT2D eigenvalue weighted by atomic mass is 16.2. The Bertz CT molecular complexity index is 776. The molecule has 0 spiro atoms. The van der Waals surface area contributed by atoms with Crippen molar-refractivity contribution in [2.75, 3.05) is 0 Å². The third-order valence-corrected chi connectivity index (χ3v) is 4.19.